The molecule has 7 nitrogen and oxygen atoms in total. The summed E-state index contributed by atoms with van der Waals surface area (Å²) in [7, 11) is 0. The number of hydrogen-bond donors (Lipinski definition) is 1. The molecule has 2 aliphatic heterocycles. The molecule has 1 N–H and O–H groups in total. The van der Waals surface area contributed by atoms with Gasteiger partial charge in [0.15, 0.2) is 0 Å². The van der Waals surface area contributed by atoms with E-state index in [1.807, 2.05) is 49.4 Å². The summed E-state index contributed by atoms with van der Waals surface area (Å²) in [5.41, 5.74) is 2.67. The molecule has 2 aliphatic rings. The quantitative estimate of drug-likeness (QED) is 0.798. The molecule has 2 fully saturated rings. The highest BCUT2D eigenvalue weighted by Gasteiger charge is 2.46. The zero-order valence-corrected chi connectivity index (χ0v) is 17.8. The maximum absolute atomic E-state index is 13.1. The molecular formula is C24H27N3O4. The molecular weight excluding hydrogens is 394 g/mol. The van der Waals surface area contributed by atoms with E-state index in [4.69, 9.17) is 4.74 Å². The third-order valence-electron chi connectivity index (χ3n) is 5.94. The van der Waals surface area contributed by atoms with Crippen LogP contribution in [-0.4, -0.2) is 65.3 Å². The Morgan fingerprint density at radius 3 is 2.52 bits per heavy atom. The molecule has 4 rings (SSSR count). The summed E-state index contributed by atoms with van der Waals surface area (Å²) in [6.07, 6.45) is -0.468. The lowest BCUT2D eigenvalue weighted by Gasteiger charge is -2.46. The fourth-order valence-corrected chi connectivity index (χ4v) is 4.04. The van der Waals surface area contributed by atoms with Gasteiger partial charge in [0.05, 0.1) is 19.3 Å². The molecule has 31 heavy (non-hydrogen) atoms. The van der Waals surface area contributed by atoms with E-state index in [9.17, 15) is 14.4 Å². The van der Waals surface area contributed by atoms with E-state index < -0.39 is 18.2 Å². The summed E-state index contributed by atoms with van der Waals surface area (Å²) < 4.78 is 5.87. The number of piperazine rings is 2. The van der Waals surface area contributed by atoms with Gasteiger partial charge in [0.25, 0.3) is 5.91 Å². The molecule has 2 saturated heterocycles. The van der Waals surface area contributed by atoms with Crippen molar-refractivity contribution in [2.24, 2.45) is 0 Å². The summed E-state index contributed by atoms with van der Waals surface area (Å²) in [5.74, 6) is -0.532. The van der Waals surface area contributed by atoms with Gasteiger partial charge < -0.3 is 19.9 Å². The summed E-state index contributed by atoms with van der Waals surface area (Å²) in [4.78, 5) is 42.0. The number of carbonyl (C=O) groups excluding carboxylic acids is 3. The van der Waals surface area contributed by atoms with Crippen LogP contribution in [0.4, 0.5) is 0 Å². The minimum Gasteiger partial charge on any atom is -0.371 e. The van der Waals surface area contributed by atoms with E-state index in [1.54, 1.807) is 28.9 Å². The first kappa shape index (κ1) is 21.1. The predicted octanol–water partition coefficient (Wildman–Crippen LogP) is 1.75. The molecule has 2 aromatic rings. The van der Waals surface area contributed by atoms with E-state index in [0.29, 0.717) is 25.3 Å². The van der Waals surface area contributed by atoms with Crippen molar-refractivity contribution >= 4 is 17.7 Å². The molecule has 7 heteroatoms. The van der Waals surface area contributed by atoms with Crippen LogP contribution >= 0.6 is 0 Å². The van der Waals surface area contributed by atoms with Crippen molar-refractivity contribution in [2.75, 3.05) is 19.6 Å². The van der Waals surface area contributed by atoms with E-state index in [-0.39, 0.29) is 24.3 Å². The van der Waals surface area contributed by atoms with Gasteiger partial charge in [0.2, 0.25) is 11.8 Å². The van der Waals surface area contributed by atoms with E-state index in [2.05, 4.69) is 5.32 Å². The van der Waals surface area contributed by atoms with Crippen LogP contribution in [0, 0.1) is 6.92 Å². The molecule has 0 spiro atoms. The Kier molecular flexibility index (Phi) is 6.04. The number of fused-ring (bicyclic) bond motifs is 1. The molecule has 3 amide bonds. The van der Waals surface area contributed by atoms with Crippen molar-refractivity contribution in [3.05, 3.63) is 71.3 Å². The Morgan fingerprint density at radius 1 is 1.10 bits per heavy atom. The minimum absolute atomic E-state index is 0.124. The number of amides is 3. The van der Waals surface area contributed by atoms with Crippen molar-refractivity contribution in [3.8, 4) is 0 Å². The van der Waals surface area contributed by atoms with Crippen molar-refractivity contribution in [1.82, 2.24) is 15.1 Å². The van der Waals surface area contributed by atoms with Gasteiger partial charge in [-0.15, -0.1) is 0 Å². The summed E-state index contributed by atoms with van der Waals surface area (Å²) in [6, 6.07) is 15.7. The lowest BCUT2D eigenvalue weighted by atomic mass is 10.0. The highest BCUT2D eigenvalue weighted by atomic mass is 16.5. The van der Waals surface area contributed by atoms with Crippen LogP contribution in [0.15, 0.2) is 54.6 Å². The number of hydrogen-bond acceptors (Lipinski definition) is 4. The first-order valence-electron chi connectivity index (χ1n) is 10.6. The normalized spacial score (nSPS) is 22.0. The molecule has 0 radical (unpaired) electrons. The van der Waals surface area contributed by atoms with Gasteiger partial charge in [-0.25, -0.2) is 0 Å². The topological polar surface area (TPSA) is 79.0 Å². The summed E-state index contributed by atoms with van der Waals surface area (Å²) in [6.45, 7) is 5.04. The minimum atomic E-state index is -0.730. The van der Waals surface area contributed by atoms with Crippen LogP contribution in [-0.2, 0) is 20.9 Å². The molecule has 3 atom stereocenters. The summed E-state index contributed by atoms with van der Waals surface area (Å²) in [5, 5.41) is 2.81. The zero-order valence-electron chi connectivity index (χ0n) is 17.8. The Morgan fingerprint density at radius 2 is 1.81 bits per heavy atom. The van der Waals surface area contributed by atoms with Crippen LogP contribution in [0.3, 0.4) is 0 Å². The molecule has 0 aromatic heterocycles. The van der Waals surface area contributed by atoms with Crippen molar-refractivity contribution in [2.45, 2.75) is 38.6 Å². The fraction of sp³-hybridized carbons (Fsp3) is 0.375. The molecule has 2 heterocycles. The first-order chi connectivity index (χ1) is 14.9. The van der Waals surface area contributed by atoms with Crippen LogP contribution in [0.1, 0.15) is 28.4 Å². The van der Waals surface area contributed by atoms with Gasteiger partial charge >= 0.3 is 0 Å². The van der Waals surface area contributed by atoms with E-state index >= 15 is 0 Å². The molecule has 0 aliphatic carbocycles. The van der Waals surface area contributed by atoms with Crippen LogP contribution < -0.4 is 5.32 Å². The second-order valence-corrected chi connectivity index (χ2v) is 8.15. The number of nitrogens with zero attached hydrogens (tertiary/aromatic N) is 2. The van der Waals surface area contributed by atoms with Crippen molar-refractivity contribution in [1.29, 1.82) is 0 Å². The predicted molar refractivity (Wildman–Crippen MR) is 115 cm³/mol. The van der Waals surface area contributed by atoms with Crippen LogP contribution in [0.5, 0.6) is 0 Å². The molecule has 0 bridgehead atoms. The average molecular weight is 421 g/mol. The second-order valence-electron chi connectivity index (χ2n) is 8.15. The third-order valence-corrected chi connectivity index (χ3v) is 5.94. The second kappa shape index (κ2) is 8.89. The average Bonchev–Trinajstić information content (AvgIpc) is 2.80. The molecule has 0 saturated carbocycles. The summed E-state index contributed by atoms with van der Waals surface area (Å²) >= 11 is 0. The Balaban J connectivity index is 1.39. The highest BCUT2D eigenvalue weighted by molar-refractivity contribution is 5.99. The number of benzene rings is 2. The van der Waals surface area contributed by atoms with E-state index in [1.165, 1.54) is 0 Å². The largest absolute Gasteiger partial charge is 0.371 e. The third kappa shape index (κ3) is 4.46. The van der Waals surface area contributed by atoms with Gasteiger partial charge in [-0.05, 0) is 31.5 Å². The standard InChI is InChI=1S/C24H27N3O4/c1-16-8-10-19(11-9-16)23(29)26-12-13-27-20(14-26)22(28)25-21(24(27)30)17(2)31-15-18-6-4-3-5-7-18/h3-11,17,20-21H,12-15H2,1-2H3,(H,25,28)/t17-,20-,21+/m1/s1. The SMILES string of the molecule is Cc1ccc(C(=O)N2CCN3C(=O)[C@H]([C@@H](C)OCc4ccccc4)NC(=O)[C@H]3C2)cc1. The Bertz CT molecular complexity index is 961. The van der Waals surface area contributed by atoms with Gasteiger partial charge in [-0.1, -0.05) is 48.0 Å². The van der Waals surface area contributed by atoms with Gasteiger partial charge in [0.1, 0.15) is 12.1 Å². The van der Waals surface area contributed by atoms with Crippen LogP contribution in [0.25, 0.3) is 0 Å². The number of rotatable bonds is 5. The number of ether oxygens (including phenoxy) is 1. The lowest BCUT2D eigenvalue weighted by molar-refractivity contribution is -0.156. The van der Waals surface area contributed by atoms with E-state index in [0.717, 1.165) is 11.1 Å². The lowest BCUT2D eigenvalue weighted by Crippen LogP contribution is -2.71. The van der Waals surface area contributed by atoms with Crippen molar-refractivity contribution in [3.63, 3.8) is 0 Å². The molecule has 162 valence electrons. The monoisotopic (exact) mass is 421 g/mol. The first-order valence-corrected chi connectivity index (χ1v) is 10.6. The number of carbonyl (C=O) groups is 3. The fourth-order valence-electron chi connectivity index (χ4n) is 4.04. The van der Waals surface area contributed by atoms with Gasteiger partial charge in [-0.2, -0.15) is 0 Å². The highest BCUT2D eigenvalue weighted by Crippen LogP contribution is 2.21. The van der Waals surface area contributed by atoms with Gasteiger partial charge in [0, 0.05) is 18.7 Å². The molecule has 2 aromatic carbocycles. The van der Waals surface area contributed by atoms with Crippen LogP contribution in [0.2, 0.25) is 0 Å². The Labute approximate surface area is 182 Å². The maximum atomic E-state index is 13.1. The smallest absolute Gasteiger partial charge is 0.253 e. The molecule has 0 unspecified atom stereocenters. The Hall–Kier alpha value is -3.19. The number of nitrogens with one attached hydrogen (secondary N) is 1. The zero-order chi connectivity index (χ0) is 22.0. The van der Waals surface area contributed by atoms with Crippen molar-refractivity contribution < 1.29 is 19.1 Å². The maximum Gasteiger partial charge on any atom is 0.253 e. The van der Waals surface area contributed by atoms with Gasteiger partial charge in [-0.3, -0.25) is 14.4 Å². The number of aryl methyl sites for hydroxylation is 1.